The minimum atomic E-state index is -0.669. The Balaban J connectivity index is 2.83. The van der Waals surface area contributed by atoms with Crippen LogP contribution in [0.4, 0.5) is 0 Å². The summed E-state index contributed by atoms with van der Waals surface area (Å²) in [4.78, 5) is 25.7. The van der Waals surface area contributed by atoms with Crippen molar-refractivity contribution >= 4 is 11.8 Å². The summed E-state index contributed by atoms with van der Waals surface area (Å²) in [6, 6.07) is 0. The van der Waals surface area contributed by atoms with Crippen molar-refractivity contribution in [1.29, 1.82) is 0 Å². The standard InChI is InChI=1S/C13H24N2O2/c1-5-7-10(3)9-15-11(16)8-14-12(17)13(15,4)6-2/h10H,5-9H2,1-4H3,(H,14,17). The van der Waals surface area contributed by atoms with Gasteiger partial charge in [-0.1, -0.05) is 27.2 Å². The molecule has 2 atom stereocenters. The van der Waals surface area contributed by atoms with E-state index >= 15 is 0 Å². The first kappa shape index (κ1) is 14.0. The average Bonchev–Trinajstić information content (AvgIpc) is 2.30. The molecular weight excluding hydrogens is 216 g/mol. The third-order valence-corrected chi connectivity index (χ3v) is 3.75. The molecule has 0 aromatic carbocycles. The molecule has 1 aliphatic rings. The van der Waals surface area contributed by atoms with Gasteiger partial charge in [-0.15, -0.1) is 0 Å². The highest BCUT2D eigenvalue weighted by atomic mass is 16.2. The Morgan fingerprint density at radius 2 is 2.06 bits per heavy atom. The number of hydrogen-bond acceptors (Lipinski definition) is 2. The highest BCUT2D eigenvalue weighted by Crippen LogP contribution is 2.25. The van der Waals surface area contributed by atoms with E-state index in [0.717, 1.165) is 12.8 Å². The van der Waals surface area contributed by atoms with Crippen LogP contribution in [0.15, 0.2) is 0 Å². The molecule has 0 aromatic heterocycles. The van der Waals surface area contributed by atoms with Gasteiger partial charge in [0, 0.05) is 6.54 Å². The van der Waals surface area contributed by atoms with Crippen LogP contribution in [0.2, 0.25) is 0 Å². The molecule has 1 heterocycles. The molecular formula is C13H24N2O2. The first-order valence-corrected chi connectivity index (χ1v) is 6.54. The Bertz CT molecular complexity index is 304. The quantitative estimate of drug-likeness (QED) is 0.792. The van der Waals surface area contributed by atoms with Gasteiger partial charge in [0.05, 0.1) is 6.54 Å². The molecule has 17 heavy (non-hydrogen) atoms. The van der Waals surface area contributed by atoms with Crippen molar-refractivity contribution in [3.63, 3.8) is 0 Å². The van der Waals surface area contributed by atoms with Crippen molar-refractivity contribution < 1.29 is 9.59 Å². The van der Waals surface area contributed by atoms with Gasteiger partial charge in [0.15, 0.2) is 0 Å². The zero-order valence-electron chi connectivity index (χ0n) is 11.4. The summed E-state index contributed by atoms with van der Waals surface area (Å²) in [5.41, 5.74) is -0.669. The second kappa shape index (κ2) is 5.52. The Morgan fingerprint density at radius 1 is 1.41 bits per heavy atom. The number of carbonyl (C=O) groups is 2. The van der Waals surface area contributed by atoms with E-state index in [0.29, 0.717) is 18.9 Å². The van der Waals surface area contributed by atoms with Crippen molar-refractivity contribution in [2.24, 2.45) is 5.92 Å². The largest absolute Gasteiger partial charge is 0.345 e. The number of amides is 2. The summed E-state index contributed by atoms with van der Waals surface area (Å²) in [5, 5.41) is 2.68. The highest BCUT2D eigenvalue weighted by Gasteiger charge is 2.44. The molecule has 0 saturated carbocycles. The summed E-state index contributed by atoms with van der Waals surface area (Å²) in [5.74, 6) is 0.459. The molecule has 1 rings (SSSR count). The number of hydrogen-bond donors (Lipinski definition) is 1. The van der Waals surface area contributed by atoms with Crippen LogP contribution in [-0.2, 0) is 9.59 Å². The van der Waals surface area contributed by atoms with Gasteiger partial charge >= 0.3 is 0 Å². The Labute approximate surface area is 104 Å². The molecule has 2 unspecified atom stereocenters. The smallest absolute Gasteiger partial charge is 0.246 e. The summed E-state index contributed by atoms with van der Waals surface area (Å²) < 4.78 is 0. The van der Waals surface area contributed by atoms with E-state index in [2.05, 4.69) is 19.2 Å². The lowest BCUT2D eigenvalue weighted by Gasteiger charge is -2.44. The summed E-state index contributed by atoms with van der Waals surface area (Å²) in [6.45, 7) is 8.92. The van der Waals surface area contributed by atoms with Crippen molar-refractivity contribution in [3.05, 3.63) is 0 Å². The molecule has 0 spiro atoms. The van der Waals surface area contributed by atoms with E-state index in [1.165, 1.54) is 0 Å². The van der Waals surface area contributed by atoms with Crippen LogP contribution < -0.4 is 5.32 Å². The lowest BCUT2D eigenvalue weighted by molar-refractivity contribution is -0.153. The molecule has 0 aromatic rings. The van der Waals surface area contributed by atoms with Gasteiger partial charge in [-0.2, -0.15) is 0 Å². The Hall–Kier alpha value is -1.06. The number of nitrogens with one attached hydrogen (secondary N) is 1. The van der Waals surface area contributed by atoms with Crippen LogP contribution in [0.5, 0.6) is 0 Å². The van der Waals surface area contributed by atoms with Gasteiger partial charge < -0.3 is 10.2 Å². The number of piperazine rings is 1. The van der Waals surface area contributed by atoms with Gasteiger partial charge in [0.25, 0.3) is 0 Å². The maximum absolute atomic E-state index is 12.0. The van der Waals surface area contributed by atoms with E-state index < -0.39 is 5.54 Å². The fraction of sp³-hybridized carbons (Fsp3) is 0.846. The van der Waals surface area contributed by atoms with Crippen molar-refractivity contribution in [2.45, 2.75) is 52.5 Å². The second-order valence-electron chi connectivity index (χ2n) is 5.21. The SMILES string of the molecule is CCCC(C)CN1C(=O)CNC(=O)C1(C)CC. The average molecular weight is 240 g/mol. The van der Waals surface area contributed by atoms with E-state index in [1.807, 2.05) is 13.8 Å². The molecule has 98 valence electrons. The van der Waals surface area contributed by atoms with E-state index in [9.17, 15) is 9.59 Å². The van der Waals surface area contributed by atoms with Gasteiger partial charge in [-0.25, -0.2) is 0 Å². The fourth-order valence-electron chi connectivity index (χ4n) is 2.39. The summed E-state index contributed by atoms with van der Waals surface area (Å²) in [6.07, 6.45) is 2.85. The molecule has 1 N–H and O–H groups in total. The van der Waals surface area contributed by atoms with Crippen LogP contribution in [0, 0.1) is 5.92 Å². The molecule has 2 amide bonds. The molecule has 0 radical (unpaired) electrons. The topological polar surface area (TPSA) is 49.4 Å². The van der Waals surface area contributed by atoms with Crippen LogP contribution in [0.3, 0.4) is 0 Å². The molecule has 1 aliphatic heterocycles. The highest BCUT2D eigenvalue weighted by molar-refractivity contribution is 5.97. The monoisotopic (exact) mass is 240 g/mol. The van der Waals surface area contributed by atoms with E-state index in [1.54, 1.807) is 4.90 Å². The minimum absolute atomic E-state index is 0.0247. The zero-order chi connectivity index (χ0) is 13.1. The number of rotatable bonds is 5. The second-order valence-corrected chi connectivity index (χ2v) is 5.21. The molecule has 1 saturated heterocycles. The fourth-order valence-corrected chi connectivity index (χ4v) is 2.39. The molecule has 0 aliphatic carbocycles. The minimum Gasteiger partial charge on any atom is -0.345 e. The van der Waals surface area contributed by atoms with Crippen molar-refractivity contribution in [3.8, 4) is 0 Å². The Morgan fingerprint density at radius 3 is 2.59 bits per heavy atom. The third kappa shape index (κ3) is 2.79. The van der Waals surface area contributed by atoms with Crippen LogP contribution >= 0.6 is 0 Å². The Kier molecular flexibility index (Phi) is 4.54. The van der Waals surface area contributed by atoms with E-state index in [-0.39, 0.29) is 18.4 Å². The molecule has 0 bridgehead atoms. The number of nitrogens with zero attached hydrogens (tertiary/aromatic N) is 1. The third-order valence-electron chi connectivity index (χ3n) is 3.75. The summed E-state index contributed by atoms with van der Waals surface area (Å²) >= 11 is 0. The summed E-state index contributed by atoms with van der Waals surface area (Å²) in [7, 11) is 0. The van der Waals surface area contributed by atoms with Crippen LogP contribution in [0.25, 0.3) is 0 Å². The number of carbonyl (C=O) groups excluding carboxylic acids is 2. The first-order chi connectivity index (χ1) is 7.95. The first-order valence-electron chi connectivity index (χ1n) is 6.54. The lowest BCUT2D eigenvalue weighted by Crippen LogP contribution is -2.66. The van der Waals surface area contributed by atoms with Crippen LogP contribution in [0.1, 0.15) is 47.0 Å². The molecule has 1 fully saturated rings. The molecule has 4 nitrogen and oxygen atoms in total. The van der Waals surface area contributed by atoms with Gasteiger partial charge in [-0.05, 0) is 25.7 Å². The zero-order valence-corrected chi connectivity index (χ0v) is 11.4. The van der Waals surface area contributed by atoms with Crippen molar-refractivity contribution in [2.75, 3.05) is 13.1 Å². The van der Waals surface area contributed by atoms with Gasteiger partial charge in [0.2, 0.25) is 11.8 Å². The predicted octanol–water partition coefficient (Wildman–Crippen LogP) is 1.55. The van der Waals surface area contributed by atoms with Crippen molar-refractivity contribution in [1.82, 2.24) is 10.2 Å². The van der Waals surface area contributed by atoms with E-state index in [4.69, 9.17) is 0 Å². The van der Waals surface area contributed by atoms with Gasteiger partial charge in [0.1, 0.15) is 5.54 Å². The normalized spacial score (nSPS) is 26.9. The maximum Gasteiger partial charge on any atom is 0.246 e. The predicted molar refractivity (Wildman–Crippen MR) is 67.5 cm³/mol. The van der Waals surface area contributed by atoms with Gasteiger partial charge in [-0.3, -0.25) is 9.59 Å². The van der Waals surface area contributed by atoms with Crippen LogP contribution in [-0.4, -0.2) is 35.3 Å². The molecule has 4 heteroatoms. The maximum atomic E-state index is 12.0. The lowest BCUT2D eigenvalue weighted by atomic mass is 9.91.